The van der Waals surface area contributed by atoms with E-state index in [2.05, 4.69) is 17.2 Å². The van der Waals surface area contributed by atoms with Crippen LogP contribution in [0.25, 0.3) is 0 Å². The minimum Gasteiger partial charge on any atom is -0.474 e. The standard InChI is InChI=1S/C15H22N2O2.H2/c1-3-16-13-8-14(9-13)19-15-7-6-12(10-17-15)5-4-11(2)18;/h6-7,10,13-14,16H,3-5,8-9H2,1-2H3;1H. The van der Waals surface area contributed by atoms with Crippen LogP contribution in [0.3, 0.4) is 0 Å². The molecule has 1 N–H and O–H groups in total. The van der Waals surface area contributed by atoms with Gasteiger partial charge in [0.15, 0.2) is 0 Å². The molecule has 1 aliphatic carbocycles. The highest BCUT2D eigenvalue weighted by Gasteiger charge is 2.30. The maximum Gasteiger partial charge on any atom is 0.213 e. The van der Waals surface area contributed by atoms with Gasteiger partial charge in [-0.15, -0.1) is 0 Å². The number of pyridine rings is 1. The smallest absolute Gasteiger partial charge is 0.213 e. The molecule has 0 bridgehead atoms. The lowest BCUT2D eigenvalue weighted by Crippen LogP contribution is -2.46. The number of aromatic nitrogens is 1. The summed E-state index contributed by atoms with van der Waals surface area (Å²) in [6.45, 7) is 4.75. The van der Waals surface area contributed by atoms with Crippen LogP contribution in [0.4, 0.5) is 0 Å². The number of hydrogen-bond acceptors (Lipinski definition) is 4. The molecule has 4 heteroatoms. The summed E-state index contributed by atoms with van der Waals surface area (Å²) in [5.74, 6) is 0.899. The van der Waals surface area contributed by atoms with E-state index in [1.807, 2.05) is 12.1 Å². The van der Waals surface area contributed by atoms with E-state index < -0.39 is 0 Å². The number of ether oxygens (including phenoxy) is 1. The molecule has 1 saturated carbocycles. The van der Waals surface area contributed by atoms with Gasteiger partial charge in [0.1, 0.15) is 11.9 Å². The van der Waals surface area contributed by atoms with Gasteiger partial charge in [-0.25, -0.2) is 4.98 Å². The van der Waals surface area contributed by atoms with Crippen molar-refractivity contribution in [2.75, 3.05) is 6.54 Å². The van der Waals surface area contributed by atoms with Crippen LogP contribution >= 0.6 is 0 Å². The summed E-state index contributed by atoms with van der Waals surface area (Å²) in [5.41, 5.74) is 1.08. The topological polar surface area (TPSA) is 51.2 Å². The Bertz CT molecular complexity index is 416. The number of Topliss-reactive ketones (excluding diaryl/α,β-unsaturated/α-hetero) is 1. The molecule has 0 radical (unpaired) electrons. The molecule has 0 amide bonds. The lowest BCUT2D eigenvalue weighted by molar-refractivity contribution is -0.116. The van der Waals surface area contributed by atoms with Gasteiger partial charge in [-0.2, -0.15) is 0 Å². The van der Waals surface area contributed by atoms with Crippen LogP contribution in [0.2, 0.25) is 0 Å². The van der Waals surface area contributed by atoms with E-state index in [1.165, 1.54) is 0 Å². The Balaban J connectivity index is 0.00000200. The largest absolute Gasteiger partial charge is 0.474 e. The monoisotopic (exact) mass is 264 g/mol. The number of carbonyl (C=O) groups excluding carboxylic acids is 1. The second kappa shape index (κ2) is 6.66. The van der Waals surface area contributed by atoms with Gasteiger partial charge in [0.05, 0.1) is 0 Å². The van der Waals surface area contributed by atoms with E-state index in [0.717, 1.165) is 31.4 Å². The van der Waals surface area contributed by atoms with Crippen LogP contribution in [0, 0.1) is 0 Å². The SMILES string of the molecule is CCNC1CC(Oc2ccc(CCC(C)=O)cn2)C1.[HH]. The molecule has 106 valence electrons. The quantitative estimate of drug-likeness (QED) is 0.821. The third-order valence-electron chi connectivity index (χ3n) is 3.44. The van der Waals surface area contributed by atoms with Gasteiger partial charge in [-0.05, 0) is 38.3 Å². The molecule has 0 saturated heterocycles. The van der Waals surface area contributed by atoms with Gasteiger partial charge in [0, 0.05) is 26.2 Å². The number of nitrogens with one attached hydrogen (secondary N) is 1. The molecule has 2 rings (SSSR count). The molecule has 1 aromatic heterocycles. The Labute approximate surface area is 116 Å². The average molecular weight is 264 g/mol. The van der Waals surface area contributed by atoms with E-state index in [4.69, 9.17) is 4.74 Å². The number of rotatable bonds is 7. The molecule has 4 nitrogen and oxygen atoms in total. The van der Waals surface area contributed by atoms with Gasteiger partial charge < -0.3 is 14.8 Å². The van der Waals surface area contributed by atoms with Crippen molar-refractivity contribution in [3.63, 3.8) is 0 Å². The molecule has 19 heavy (non-hydrogen) atoms. The first-order valence-corrected chi connectivity index (χ1v) is 7.01. The lowest BCUT2D eigenvalue weighted by Gasteiger charge is -2.35. The van der Waals surface area contributed by atoms with E-state index in [-0.39, 0.29) is 7.21 Å². The first-order valence-electron chi connectivity index (χ1n) is 7.01. The van der Waals surface area contributed by atoms with Crippen molar-refractivity contribution in [2.45, 2.75) is 51.7 Å². The fraction of sp³-hybridized carbons (Fsp3) is 0.600. The number of ketones is 1. The van der Waals surface area contributed by atoms with Crippen LogP contribution in [0.5, 0.6) is 5.88 Å². The lowest BCUT2D eigenvalue weighted by atomic mass is 9.89. The fourth-order valence-electron chi connectivity index (χ4n) is 2.24. The second-order valence-electron chi connectivity index (χ2n) is 5.17. The molecule has 1 fully saturated rings. The predicted molar refractivity (Wildman–Crippen MR) is 76.5 cm³/mol. The first kappa shape index (κ1) is 14.0. The number of carbonyl (C=O) groups is 1. The summed E-state index contributed by atoms with van der Waals surface area (Å²) in [7, 11) is 0. The van der Waals surface area contributed by atoms with Gasteiger partial charge in [-0.3, -0.25) is 0 Å². The van der Waals surface area contributed by atoms with Crippen molar-refractivity contribution in [2.24, 2.45) is 0 Å². The Morgan fingerprint density at radius 3 is 2.89 bits per heavy atom. The summed E-state index contributed by atoms with van der Waals surface area (Å²) < 4.78 is 5.79. The summed E-state index contributed by atoms with van der Waals surface area (Å²) in [6.07, 6.45) is 5.55. The van der Waals surface area contributed by atoms with E-state index in [1.54, 1.807) is 13.1 Å². The predicted octanol–water partition coefficient (Wildman–Crippen LogP) is 2.37. The maximum atomic E-state index is 10.9. The minimum atomic E-state index is 0. The molecule has 0 unspecified atom stereocenters. The van der Waals surface area contributed by atoms with Gasteiger partial charge in [0.2, 0.25) is 5.88 Å². The zero-order chi connectivity index (χ0) is 13.7. The zero-order valence-electron chi connectivity index (χ0n) is 11.7. The first-order chi connectivity index (χ1) is 9.17. The molecular formula is C15H24N2O2. The van der Waals surface area contributed by atoms with Gasteiger partial charge in [-0.1, -0.05) is 13.0 Å². The molecule has 1 heterocycles. The highest BCUT2D eigenvalue weighted by molar-refractivity contribution is 5.75. The number of aryl methyl sites for hydroxylation is 1. The Kier molecular flexibility index (Phi) is 4.91. The molecular weight excluding hydrogens is 240 g/mol. The normalized spacial score (nSPS) is 21.8. The van der Waals surface area contributed by atoms with Gasteiger partial charge in [0.25, 0.3) is 0 Å². The summed E-state index contributed by atoms with van der Waals surface area (Å²) in [4.78, 5) is 15.2. The Morgan fingerprint density at radius 1 is 1.53 bits per heavy atom. The van der Waals surface area contributed by atoms with Crippen molar-refractivity contribution >= 4 is 5.78 Å². The third kappa shape index (κ3) is 4.31. The highest BCUT2D eigenvalue weighted by Crippen LogP contribution is 2.24. The molecule has 0 aromatic carbocycles. The molecule has 0 spiro atoms. The van der Waals surface area contributed by atoms with E-state index >= 15 is 0 Å². The maximum absolute atomic E-state index is 10.9. The van der Waals surface area contributed by atoms with E-state index in [9.17, 15) is 4.79 Å². The van der Waals surface area contributed by atoms with Gasteiger partial charge >= 0.3 is 0 Å². The van der Waals surface area contributed by atoms with Crippen LogP contribution in [0.15, 0.2) is 18.3 Å². The summed E-state index contributed by atoms with van der Waals surface area (Å²) >= 11 is 0. The Morgan fingerprint density at radius 2 is 2.32 bits per heavy atom. The zero-order valence-corrected chi connectivity index (χ0v) is 11.7. The highest BCUT2D eigenvalue weighted by atomic mass is 16.5. The van der Waals surface area contributed by atoms with Crippen molar-refractivity contribution in [3.05, 3.63) is 23.9 Å². The fourth-order valence-corrected chi connectivity index (χ4v) is 2.24. The van der Waals surface area contributed by atoms with Crippen LogP contribution in [-0.4, -0.2) is 29.5 Å². The summed E-state index contributed by atoms with van der Waals surface area (Å²) in [5, 5.41) is 3.40. The minimum absolute atomic E-state index is 0. The van der Waals surface area contributed by atoms with E-state index in [0.29, 0.717) is 24.4 Å². The van der Waals surface area contributed by atoms with Crippen LogP contribution in [0.1, 0.15) is 40.1 Å². The molecule has 1 aliphatic rings. The molecule has 0 aliphatic heterocycles. The Hall–Kier alpha value is -1.42. The average Bonchev–Trinajstić information content (AvgIpc) is 2.35. The number of hydrogen-bond donors (Lipinski definition) is 1. The number of nitrogens with zero attached hydrogens (tertiary/aromatic N) is 1. The second-order valence-corrected chi connectivity index (χ2v) is 5.17. The molecule has 1 aromatic rings. The van der Waals surface area contributed by atoms with Crippen LogP contribution in [-0.2, 0) is 11.2 Å². The van der Waals surface area contributed by atoms with Crippen LogP contribution < -0.4 is 10.1 Å². The van der Waals surface area contributed by atoms with Crippen molar-refractivity contribution in [1.29, 1.82) is 0 Å². The van der Waals surface area contributed by atoms with Crippen molar-refractivity contribution in [1.82, 2.24) is 10.3 Å². The van der Waals surface area contributed by atoms with Crippen molar-refractivity contribution in [3.8, 4) is 5.88 Å². The summed E-state index contributed by atoms with van der Waals surface area (Å²) in [6, 6.07) is 4.49. The molecule has 0 atom stereocenters. The van der Waals surface area contributed by atoms with Crippen molar-refractivity contribution < 1.29 is 11.0 Å². The third-order valence-corrected chi connectivity index (χ3v) is 3.44.